The molecule has 0 aromatic carbocycles. The molecule has 7 nitrogen and oxygen atoms in total. The number of nitrogens with zero attached hydrogens (tertiary/aromatic N) is 3. The monoisotopic (exact) mass is 326 g/mol. The minimum absolute atomic E-state index is 0.0190. The summed E-state index contributed by atoms with van der Waals surface area (Å²) in [5.41, 5.74) is 0.797. The highest BCUT2D eigenvalue weighted by Crippen LogP contribution is 2.18. The number of hydrogen-bond acceptors (Lipinski definition) is 5. The van der Waals surface area contributed by atoms with E-state index in [4.69, 9.17) is 5.11 Å². The van der Waals surface area contributed by atoms with Gasteiger partial charge < -0.3 is 15.3 Å². The van der Waals surface area contributed by atoms with Crippen LogP contribution in [0, 0.1) is 0 Å². The molecular formula is C17H18N4O3. The van der Waals surface area contributed by atoms with Crippen LogP contribution in [0.3, 0.4) is 0 Å². The molecule has 3 heterocycles. The Bertz CT molecular complexity index is 736. The van der Waals surface area contributed by atoms with Crippen LogP contribution in [0.5, 0.6) is 0 Å². The second-order valence-electron chi connectivity index (χ2n) is 5.63. The molecule has 0 radical (unpaired) electrons. The first-order chi connectivity index (χ1) is 11.6. The van der Waals surface area contributed by atoms with Gasteiger partial charge >= 0.3 is 5.97 Å². The molecular weight excluding hydrogens is 308 g/mol. The molecule has 1 unspecified atom stereocenters. The maximum atomic E-state index is 12.6. The fraction of sp³-hybridized carbons (Fsp3) is 0.294. The third kappa shape index (κ3) is 3.68. The molecule has 0 spiro atoms. The van der Waals surface area contributed by atoms with Gasteiger partial charge in [0.1, 0.15) is 11.9 Å². The zero-order chi connectivity index (χ0) is 16.9. The van der Waals surface area contributed by atoms with E-state index in [1.54, 1.807) is 23.2 Å². The van der Waals surface area contributed by atoms with Crippen molar-refractivity contribution in [2.24, 2.45) is 0 Å². The van der Waals surface area contributed by atoms with E-state index >= 15 is 0 Å². The predicted octanol–water partition coefficient (Wildman–Crippen LogP) is 1.78. The lowest BCUT2D eigenvalue weighted by Crippen LogP contribution is -2.47. The minimum Gasteiger partial charge on any atom is -0.477 e. The van der Waals surface area contributed by atoms with Crippen molar-refractivity contribution in [1.82, 2.24) is 14.9 Å². The molecule has 2 N–H and O–H groups in total. The fourth-order valence-electron chi connectivity index (χ4n) is 2.73. The molecule has 1 aliphatic rings. The molecule has 1 atom stereocenters. The summed E-state index contributed by atoms with van der Waals surface area (Å²) in [5, 5.41) is 12.1. The molecule has 2 aromatic heterocycles. The van der Waals surface area contributed by atoms with Gasteiger partial charge in [0.2, 0.25) is 5.91 Å². The molecule has 7 heteroatoms. The van der Waals surface area contributed by atoms with Crippen molar-refractivity contribution in [2.75, 3.05) is 11.9 Å². The van der Waals surface area contributed by atoms with Crippen molar-refractivity contribution < 1.29 is 14.7 Å². The number of pyridine rings is 2. The van der Waals surface area contributed by atoms with Gasteiger partial charge in [-0.05, 0) is 37.1 Å². The summed E-state index contributed by atoms with van der Waals surface area (Å²) in [4.78, 5) is 33.7. The number of anilines is 1. The van der Waals surface area contributed by atoms with Crippen LogP contribution < -0.4 is 5.32 Å². The third-order valence-corrected chi connectivity index (χ3v) is 3.90. The number of amides is 1. The second kappa shape index (κ2) is 7.08. The minimum atomic E-state index is -1.09. The Morgan fingerprint density at radius 2 is 2.17 bits per heavy atom. The molecule has 1 aliphatic heterocycles. The van der Waals surface area contributed by atoms with E-state index in [9.17, 15) is 9.59 Å². The van der Waals surface area contributed by atoms with E-state index in [0.717, 1.165) is 12.1 Å². The molecule has 124 valence electrons. The summed E-state index contributed by atoms with van der Waals surface area (Å²) < 4.78 is 0. The van der Waals surface area contributed by atoms with Crippen LogP contribution in [0.2, 0.25) is 0 Å². The standard InChI is InChI=1S/C17H18N4O3/c22-16-13(19-15-8-3-6-14(20-15)17(23)24)7-4-10-21(16)11-12-5-1-2-9-18-12/h1-3,5-6,8-9,13H,4,7,10-11H2,(H,19,20)(H,23,24). The summed E-state index contributed by atoms with van der Waals surface area (Å²) in [6, 6.07) is 9.92. The van der Waals surface area contributed by atoms with Crippen molar-refractivity contribution in [2.45, 2.75) is 25.4 Å². The smallest absolute Gasteiger partial charge is 0.354 e. The maximum absolute atomic E-state index is 12.6. The van der Waals surface area contributed by atoms with Crippen LogP contribution >= 0.6 is 0 Å². The number of aromatic carboxylic acids is 1. The highest BCUT2D eigenvalue weighted by Gasteiger charge is 2.29. The van der Waals surface area contributed by atoms with E-state index in [1.165, 1.54) is 6.07 Å². The van der Waals surface area contributed by atoms with E-state index in [1.807, 2.05) is 18.2 Å². The fourth-order valence-corrected chi connectivity index (χ4v) is 2.73. The lowest BCUT2D eigenvalue weighted by Gasteiger charge is -2.32. The predicted molar refractivity (Wildman–Crippen MR) is 87.5 cm³/mol. The molecule has 0 bridgehead atoms. The van der Waals surface area contributed by atoms with E-state index < -0.39 is 12.0 Å². The molecule has 3 rings (SSSR count). The van der Waals surface area contributed by atoms with Crippen molar-refractivity contribution >= 4 is 17.7 Å². The van der Waals surface area contributed by atoms with Gasteiger partial charge in [0.05, 0.1) is 12.2 Å². The number of piperidine rings is 1. The first-order valence-corrected chi connectivity index (χ1v) is 7.79. The average molecular weight is 326 g/mol. The topological polar surface area (TPSA) is 95.4 Å². The van der Waals surface area contributed by atoms with E-state index in [0.29, 0.717) is 25.3 Å². The highest BCUT2D eigenvalue weighted by atomic mass is 16.4. The summed E-state index contributed by atoms with van der Waals surface area (Å²) in [7, 11) is 0. The highest BCUT2D eigenvalue weighted by molar-refractivity contribution is 5.87. The Kier molecular flexibility index (Phi) is 4.69. The van der Waals surface area contributed by atoms with Gasteiger partial charge in [-0.1, -0.05) is 12.1 Å². The summed E-state index contributed by atoms with van der Waals surface area (Å²) in [6.45, 7) is 1.16. The lowest BCUT2D eigenvalue weighted by atomic mass is 10.0. The number of aromatic nitrogens is 2. The van der Waals surface area contributed by atoms with Gasteiger partial charge in [0.15, 0.2) is 5.69 Å². The van der Waals surface area contributed by atoms with Gasteiger partial charge in [-0.25, -0.2) is 9.78 Å². The van der Waals surface area contributed by atoms with Crippen LogP contribution in [0.1, 0.15) is 29.0 Å². The summed E-state index contributed by atoms with van der Waals surface area (Å²) >= 11 is 0. The first kappa shape index (κ1) is 15.9. The van der Waals surface area contributed by atoms with Crippen molar-refractivity contribution in [3.8, 4) is 0 Å². The van der Waals surface area contributed by atoms with Gasteiger partial charge in [-0.15, -0.1) is 0 Å². The van der Waals surface area contributed by atoms with Crippen LogP contribution in [0.4, 0.5) is 5.82 Å². The van der Waals surface area contributed by atoms with E-state index in [-0.39, 0.29) is 11.6 Å². The molecule has 1 amide bonds. The number of nitrogens with one attached hydrogen (secondary N) is 1. The normalized spacial score (nSPS) is 17.6. The Morgan fingerprint density at radius 1 is 1.29 bits per heavy atom. The Labute approximate surface area is 139 Å². The van der Waals surface area contributed by atoms with Gasteiger partial charge in [0, 0.05) is 12.7 Å². The Morgan fingerprint density at radius 3 is 2.92 bits per heavy atom. The molecule has 1 fully saturated rings. The van der Waals surface area contributed by atoms with Crippen LogP contribution in [0.25, 0.3) is 0 Å². The second-order valence-corrected chi connectivity index (χ2v) is 5.63. The third-order valence-electron chi connectivity index (χ3n) is 3.90. The number of hydrogen-bond donors (Lipinski definition) is 2. The number of carboxylic acids is 1. The quantitative estimate of drug-likeness (QED) is 0.869. The zero-order valence-electron chi connectivity index (χ0n) is 13.1. The largest absolute Gasteiger partial charge is 0.477 e. The molecule has 0 aliphatic carbocycles. The molecule has 0 saturated carbocycles. The van der Waals surface area contributed by atoms with Gasteiger partial charge in [-0.3, -0.25) is 9.78 Å². The number of likely N-dealkylation sites (tertiary alicyclic amines) is 1. The molecule has 24 heavy (non-hydrogen) atoms. The SMILES string of the molecule is O=C(O)c1cccc(NC2CCCN(Cc3ccccn3)C2=O)n1. The summed E-state index contributed by atoms with van der Waals surface area (Å²) in [6.07, 6.45) is 3.27. The Balaban J connectivity index is 1.69. The van der Waals surface area contributed by atoms with Crippen LogP contribution in [0.15, 0.2) is 42.6 Å². The summed E-state index contributed by atoms with van der Waals surface area (Å²) in [5.74, 6) is -0.715. The number of carbonyl (C=O) groups excluding carboxylic acids is 1. The first-order valence-electron chi connectivity index (χ1n) is 7.79. The van der Waals surface area contributed by atoms with Crippen molar-refractivity contribution in [3.05, 3.63) is 54.0 Å². The number of carboxylic acid groups (broad SMARTS) is 1. The lowest BCUT2D eigenvalue weighted by molar-refractivity contribution is -0.134. The van der Waals surface area contributed by atoms with Crippen LogP contribution in [-0.4, -0.2) is 44.4 Å². The van der Waals surface area contributed by atoms with Crippen LogP contribution in [-0.2, 0) is 11.3 Å². The zero-order valence-corrected chi connectivity index (χ0v) is 13.1. The molecule has 2 aromatic rings. The molecule has 1 saturated heterocycles. The average Bonchev–Trinajstić information content (AvgIpc) is 2.60. The number of rotatable bonds is 5. The van der Waals surface area contributed by atoms with Gasteiger partial charge in [0.25, 0.3) is 0 Å². The number of carbonyl (C=O) groups is 2. The van der Waals surface area contributed by atoms with Crippen molar-refractivity contribution in [3.63, 3.8) is 0 Å². The van der Waals surface area contributed by atoms with Crippen molar-refractivity contribution in [1.29, 1.82) is 0 Å². The van der Waals surface area contributed by atoms with E-state index in [2.05, 4.69) is 15.3 Å². The maximum Gasteiger partial charge on any atom is 0.354 e. The Hall–Kier alpha value is -2.96. The van der Waals surface area contributed by atoms with Gasteiger partial charge in [-0.2, -0.15) is 0 Å².